The lowest BCUT2D eigenvalue weighted by Gasteiger charge is -2.05. The molecule has 0 fully saturated rings. The number of nitrogens with zero attached hydrogens (tertiary/aromatic N) is 2. The Hall–Kier alpha value is -2.45. The van der Waals surface area contributed by atoms with E-state index in [1.807, 2.05) is 24.3 Å². The van der Waals surface area contributed by atoms with Gasteiger partial charge in [0, 0.05) is 38.7 Å². The van der Waals surface area contributed by atoms with Crippen LogP contribution in [-0.2, 0) is 20.7 Å². The second-order valence-electron chi connectivity index (χ2n) is 5.55. The summed E-state index contributed by atoms with van der Waals surface area (Å²) < 4.78 is 20.5. The zero-order valence-corrected chi connectivity index (χ0v) is 15.2. The van der Waals surface area contributed by atoms with Crippen LogP contribution in [0.1, 0.15) is 18.7 Å². The maximum Gasteiger partial charge on any atom is 0.227 e. The van der Waals surface area contributed by atoms with Gasteiger partial charge in [-0.1, -0.05) is 5.16 Å². The minimum Gasteiger partial charge on any atom is -0.497 e. The van der Waals surface area contributed by atoms with Gasteiger partial charge in [0.25, 0.3) is 0 Å². The third kappa shape index (κ3) is 6.81. The summed E-state index contributed by atoms with van der Waals surface area (Å²) >= 11 is 0. The number of nitrogens with one attached hydrogen (secondary N) is 1. The minimum atomic E-state index is -0.0499. The van der Waals surface area contributed by atoms with Crippen LogP contribution < -0.4 is 10.1 Å². The molecule has 0 saturated carbocycles. The van der Waals surface area contributed by atoms with Crippen LogP contribution in [-0.4, -0.2) is 56.6 Å². The number of aromatic nitrogens is 2. The molecule has 26 heavy (non-hydrogen) atoms. The molecule has 0 spiro atoms. The van der Waals surface area contributed by atoms with Gasteiger partial charge in [-0.3, -0.25) is 4.79 Å². The number of aryl methyl sites for hydroxylation is 1. The van der Waals surface area contributed by atoms with Crippen molar-refractivity contribution in [1.29, 1.82) is 0 Å². The third-order valence-corrected chi connectivity index (χ3v) is 3.60. The Morgan fingerprint density at radius 1 is 1.15 bits per heavy atom. The van der Waals surface area contributed by atoms with Crippen molar-refractivity contribution >= 4 is 5.91 Å². The second kappa shape index (κ2) is 11.2. The summed E-state index contributed by atoms with van der Waals surface area (Å²) in [5.74, 6) is 1.65. The summed E-state index contributed by atoms with van der Waals surface area (Å²) in [5.41, 5.74) is 0.832. The predicted molar refractivity (Wildman–Crippen MR) is 94.9 cm³/mol. The number of hydrogen-bond acceptors (Lipinski definition) is 7. The molecule has 0 aliphatic carbocycles. The van der Waals surface area contributed by atoms with Crippen molar-refractivity contribution in [2.45, 2.75) is 19.3 Å². The number of benzene rings is 1. The van der Waals surface area contributed by atoms with Crippen LogP contribution in [0.4, 0.5) is 0 Å². The molecule has 1 aromatic carbocycles. The molecular formula is C18H25N3O5. The summed E-state index contributed by atoms with van der Waals surface area (Å²) in [5, 5.41) is 6.79. The molecule has 142 valence electrons. The van der Waals surface area contributed by atoms with E-state index in [0.29, 0.717) is 50.9 Å². The maximum absolute atomic E-state index is 11.8. The SMILES string of the molecule is COCCOCCCNC(=O)CCc1nc(-c2ccc(OC)cc2)no1. The van der Waals surface area contributed by atoms with Crippen LogP contribution in [0.5, 0.6) is 5.75 Å². The fraction of sp³-hybridized carbons (Fsp3) is 0.500. The fourth-order valence-electron chi connectivity index (χ4n) is 2.17. The molecule has 0 radical (unpaired) electrons. The van der Waals surface area contributed by atoms with Crippen molar-refractivity contribution in [3.63, 3.8) is 0 Å². The maximum atomic E-state index is 11.8. The van der Waals surface area contributed by atoms with Gasteiger partial charge in [-0.2, -0.15) is 4.98 Å². The predicted octanol–water partition coefficient (Wildman–Crippen LogP) is 1.85. The highest BCUT2D eigenvalue weighted by Gasteiger charge is 2.10. The van der Waals surface area contributed by atoms with Crippen molar-refractivity contribution in [3.8, 4) is 17.1 Å². The van der Waals surface area contributed by atoms with E-state index in [0.717, 1.165) is 17.7 Å². The van der Waals surface area contributed by atoms with E-state index in [4.69, 9.17) is 18.7 Å². The monoisotopic (exact) mass is 363 g/mol. The lowest BCUT2D eigenvalue weighted by Crippen LogP contribution is -2.25. The van der Waals surface area contributed by atoms with Crippen LogP contribution in [0, 0.1) is 0 Å². The van der Waals surface area contributed by atoms with Crippen LogP contribution in [0.25, 0.3) is 11.4 Å². The molecule has 1 N–H and O–H groups in total. The number of hydrogen-bond donors (Lipinski definition) is 1. The van der Waals surface area contributed by atoms with Gasteiger partial charge in [-0.25, -0.2) is 0 Å². The van der Waals surface area contributed by atoms with Gasteiger partial charge in [0.15, 0.2) is 0 Å². The van der Waals surface area contributed by atoms with E-state index >= 15 is 0 Å². The molecule has 0 bridgehead atoms. The zero-order chi connectivity index (χ0) is 18.6. The summed E-state index contributed by atoms with van der Waals surface area (Å²) in [6, 6.07) is 7.37. The van der Waals surface area contributed by atoms with Crippen molar-refractivity contribution in [2.75, 3.05) is 40.6 Å². The molecule has 1 heterocycles. The Balaban J connectivity index is 1.66. The van der Waals surface area contributed by atoms with Crippen molar-refractivity contribution in [3.05, 3.63) is 30.2 Å². The van der Waals surface area contributed by atoms with Crippen LogP contribution in [0.3, 0.4) is 0 Å². The van der Waals surface area contributed by atoms with Crippen molar-refractivity contribution in [1.82, 2.24) is 15.5 Å². The van der Waals surface area contributed by atoms with E-state index in [-0.39, 0.29) is 5.91 Å². The molecule has 1 amide bonds. The average molecular weight is 363 g/mol. The highest BCUT2D eigenvalue weighted by atomic mass is 16.5. The fourth-order valence-corrected chi connectivity index (χ4v) is 2.17. The minimum absolute atomic E-state index is 0.0499. The number of carbonyl (C=O) groups excluding carboxylic acids is 1. The third-order valence-electron chi connectivity index (χ3n) is 3.60. The first-order chi connectivity index (χ1) is 12.7. The standard InChI is InChI=1S/C18H25N3O5/c1-23-12-13-25-11-3-10-19-16(22)8-9-17-20-18(21-26-17)14-4-6-15(24-2)7-5-14/h4-7H,3,8-13H2,1-2H3,(H,19,22). The molecule has 0 atom stereocenters. The van der Waals surface area contributed by atoms with E-state index in [2.05, 4.69) is 15.5 Å². The summed E-state index contributed by atoms with van der Waals surface area (Å²) in [7, 11) is 3.24. The number of methoxy groups -OCH3 is 2. The van der Waals surface area contributed by atoms with Gasteiger partial charge in [-0.05, 0) is 30.7 Å². The molecule has 0 aliphatic heterocycles. The lowest BCUT2D eigenvalue weighted by atomic mass is 10.2. The largest absolute Gasteiger partial charge is 0.497 e. The van der Waals surface area contributed by atoms with Gasteiger partial charge in [-0.15, -0.1) is 0 Å². The number of rotatable bonds is 12. The Bertz CT molecular complexity index is 657. The van der Waals surface area contributed by atoms with Gasteiger partial charge in [0.2, 0.25) is 17.6 Å². The molecular weight excluding hydrogens is 338 g/mol. The molecule has 0 unspecified atom stereocenters. The van der Waals surface area contributed by atoms with Crippen molar-refractivity contribution in [2.24, 2.45) is 0 Å². The first-order valence-corrected chi connectivity index (χ1v) is 8.53. The molecule has 8 heteroatoms. The molecule has 2 aromatic rings. The zero-order valence-electron chi connectivity index (χ0n) is 15.2. The van der Waals surface area contributed by atoms with E-state index in [1.54, 1.807) is 14.2 Å². The topological polar surface area (TPSA) is 95.7 Å². The smallest absolute Gasteiger partial charge is 0.227 e. The van der Waals surface area contributed by atoms with Crippen LogP contribution in [0.15, 0.2) is 28.8 Å². The highest BCUT2D eigenvalue weighted by Crippen LogP contribution is 2.19. The molecule has 0 saturated heterocycles. The lowest BCUT2D eigenvalue weighted by molar-refractivity contribution is -0.121. The normalized spacial score (nSPS) is 10.7. The van der Waals surface area contributed by atoms with Crippen LogP contribution in [0.2, 0.25) is 0 Å². The molecule has 1 aromatic heterocycles. The first-order valence-electron chi connectivity index (χ1n) is 8.53. The summed E-state index contributed by atoms with van der Waals surface area (Å²) in [4.78, 5) is 16.1. The van der Waals surface area contributed by atoms with E-state index in [1.165, 1.54) is 0 Å². The molecule has 8 nitrogen and oxygen atoms in total. The van der Waals surface area contributed by atoms with E-state index < -0.39 is 0 Å². The van der Waals surface area contributed by atoms with Gasteiger partial charge >= 0.3 is 0 Å². The molecule has 2 rings (SSSR count). The summed E-state index contributed by atoms with van der Waals surface area (Å²) in [6.07, 6.45) is 1.46. The quantitative estimate of drug-likeness (QED) is 0.575. The average Bonchev–Trinajstić information content (AvgIpc) is 3.15. The first kappa shape index (κ1) is 19.9. The molecule has 0 aliphatic rings. The highest BCUT2D eigenvalue weighted by molar-refractivity contribution is 5.75. The van der Waals surface area contributed by atoms with Gasteiger partial charge in [0.1, 0.15) is 5.75 Å². The summed E-state index contributed by atoms with van der Waals surface area (Å²) in [6.45, 7) is 2.32. The van der Waals surface area contributed by atoms with E-state index in [9.17, 15) is 4.79 Å². The second-order valence-corrected chi connectivity index (χ2v) is 5.55. The Morgan fingerprint density at radius 2 is 1.96 bits per heavy atom. The Kier molecular flexibility index (Phi) is 8.57. The Morgan fingerprint density at radius 3 is 2.69 bits per heavy atom. The van der Waals surface area contributed by atoms with Gasteiger partial charge in [0.05, 0.1) is 20.3 Å². The van der Waals surface area contributed by atoms with Crippen LogP contribution >= 0.6 is 0 Å². The van der Waals surface area contributed by atoms with Gasteiger partial charge < -0.3 is 24.1 Å². The van der Waals surface area contributed by atoms with Crippen molar-refractivity contribution < 1.29 is 23.5 Å². The Labute approximate surface area is 152 Å². The number of carbonyl (C=O) groups is 1. The number of amides is 1. The number of ether oxygens (including phenoxy) is 3.